The Kier molecular flexibility index (Phi) is 4.44. The highest BCUT2D eigenvalue weighted by atomic mass is 17.3. The number of carboxylic acid groups (broad SMARTS) is 1. The van der Waals surface area contributed by atoms with Crippen molar-refractivity contribution < 1.29 is 29.1 Å². The highest BCUT2D eigenvalue weighted by Gasteiger charge is 2.69. The average molecular weight is 403 g/mol. The van der Waals surface area contributed by atoms with Crippen LogP contribution in [0.25, 0.3) is 0 Å². The van der Waals surface area contributed by atoms with Crippen LogP contribution in [0.4, 0.5) is 5.69 Å². The van der Waals surface area contributed by atoms with Crippen molar-refractivity contribution >= 4 is 11.7 Å². The van der Waals surface area contributed by atoms with Crippen molar-refractivity contribution in [1.29, 1.82) is 0 Å². The van der Waals surface area contributed by atoms with Gasteiger partial charge in [0.1, 0.15) is 6.23 Å². The van der Waals surface area contributed by atoms with Crippen molar-refractivity contribution in [2.45, 2.75) is 70.4 Å². The van der Waals surface area contributed by atoms with Crippen LogP contribution in [0.2, 0.25) is 0 Å². The van der Waals surface area contributed by atoms with Gasteiger partial charge >= 0.3 is 5.97 Å². The van der Waals surface area contributed by atoms with Crippen molar-refractivity contribution in [3.8, 4) is 0 Å². The summed E-state index contributed by atoms with van der Waals surface area (Å²) in [7, 11) is 0. The maximum absolute atomic E-state index is 11.1. The summed E-state index contributed by atoms with van der Waals surface area (Å²) in [5.41, 5.74) is 0.517. The van der Waals surface area contributed by atoms with Crippen LogP contribution in [0.5, 0.6) is 0 Å². The minimum absolute atomic E-state index is 0.176. The van der Waals surface area contributed by atoms with E-state index in [-0.39, 0.29) is 23.6 Å². The molecule has 0 aromatic heterocycles. The number of carbonyl (C=O) groups is 1. The third kappa shape index (κ3) is 2.90. The fraction of sp³-hybridized carbons (Fsp3) is 0.682. The molecule has 2 unspecified atom stereocenters. The Morgan fingerprint density at radius 2 is 1.86 bits per heavy atom. The number of ether oxygens (including phenoxy) is 2. The fourth-order valence-electron chi connectivity index (χ4n) is 5.94. The molecule has 1 aromatic carbocycles. The van der Waals surface area contributed by atoms with E-state index in [2.05, 4.69) is 19.2 Å². The van der Waals surface area contributed by atoms with E-state index >= 15 is 0 Å². The zero-order chi connectivity index (χ0) is 20.4. The molecule has 5 aliphatic rings. The number of benzene rings is 1. The first-order chi connectivity index (χ1) is 13.8. The van der Waals surface area contributed by atoms with Gasteiger partial charge in [0.15, 0.2) is 11.9 Å². The molecule has 4 saturated heterocycles. The second-order valence-corrected chi connectivity index (χ2v) is 9.35. The molecule has 0 amide bonds. The number of nitrogens with one attached hydrogen (secondary N) is 1. The summed E-state index contributed by atoms with van der Waals surface area (Å²) in [5.74, 6) is -0.419. The molecule has 29 heavy (non-hydrogen) atoms. The third-order valence-electron chi connectivity index (χ3n) is 7.60. The van der Waals surface area contributed by atoms with Gasteiger partial charge in [0.25, 0.3) is 0 Å². The maximum atomic E-state index is 11.1. The second-order valence-electron chi connectivity index (χ2n) is 9.35. The van der Waals surface area contributed by atoms with Crippen LogP contribution in [0.15, 0.2) is 24.3 Å². The monoisotopic (exact) mass is 403 g/mol. The summed E-state index contributed by atoms with van der Waals surface area (Å²) in [6.45, 7) is 6.41. The predicted molar refractivity (Wildman–Crippen MR) is 104 cm³/mol. The third-order valence-corrected chi connectivity index (χ3v) is 7.60. The van der Waals surface area contributed by atoms with Crippen LogP contribution in [0, 0.1) is 23.7 Å². The number of carboxylic acids is 1. The lowest BCUT2D eigenvalue weighted by Crippen LogP contribution is -2.71. The molecule has 4 aliphatic heterocycles. The Morgan fingerprint density at radius 3 is 2.59 bits per heavy atom. The van der Waals surface area contributed by atoms with E-state index in [4.69, 9.17) is 24.4 Å². The summed E-state index contributed by atoms with van der Waals surface area (Å²) >= 11 is 0. The number of hydrogen-bond donors (Lipinski definition) is 2. The van der Waals surface area contributed by atoms with Crippen molar-refractivity contribution in [2.75, 3.05) is 5.32 Å². The lowest BCUT2D eigenvalue weighted by molar-refractivity contribution is -0.570. The smallest absolute Gasteiger partial charge is 0.335 e. The average Bonchev–Trinajstić information content (AvgIpc) is 2.92. The minimum Gasteiger partial charge on any atom is -0.478 e. The molecule has 1 aromatic rings. The van der Waals surface area contributed by atoms with E-state index in [0.29, 0.717) is 11.8 Å². The van der Waals surface area contributed by atoms with E-state index < -0.39 is 23.6 Å². The van der Waals surface area contributed by atoms with E-state index in [0.717, 1.165) is 31.4 Å². The Bertz CT molecular complexity index is 799. The van der Waals surface area contributed by atoms with Gasteiger partial charge in [-0.05, 0) is 62.3 Å². The molecule has 8 atom stereocenters. The highest BCUT2D eigenvalue weighted by molar-refractivity contribution is 5.88. The van der Waals surface area contributed by atoms with Crippen LogP contribution >= 0.6 is 0 Å². The van der Waals surface area contributed by atoms with E-state index in [1.54, 1.807) is 24.3 Å². The van der Waals surface area contributed by atoms with Crippen molar-refractivity contribution in [1.82, 2.24) is 0 Å². The van der Waals surface area contributed by atoms with Crippen molar-refractivity contribution in [3.05, 3.63) is 29.8 Å². The number of hydrogen-bond acceptors (Lipinski definition) is 6. The molecule has 7 nitrogen and oxygen atoms in total. The molecular formula is C22H29NO6. The predicted octanol–water partition coefficient (Wildman–Crippen LogP) is 4.00. The molecule has 6 rings (SSSR count). The van der Waals surface area contributed by atoms with Gasteiger partial charge in [-0.15, -0.1) is 0 Å². The van der Waals surface area contributed by atoms with Gasteiger partial charge in [-0.1, -0.05) is 13.8 Å². The molecule has 158 valence electrons. The van der Waals surface area contributed by atoms with Gasteiger partial charge in [0.2, 0.25) is 5.79 Å². The first-order valence-corrected chi connectivity index (χ1v) is 10.6. The van der Waals surface area contributed by atoms with Gasteiger partial charge < -0.3 is 19.9 Å². The quantitative estimate of drug-likeness (QED) is 0.738. The number of anilines is 1. The maximum Gasteiger partial charge on any atom is 0.335 e. The molecule has 0 radical (unpaired) electrons. The van der Waals surface area contributed by atoms with Crippen molar-refractivity contribution in [2.24, 2.45) is 23.7 Å². The van der Waals surface area contributed by atoms with E-state index in [1.807, 2.05) is 6.92 Å². The Morgan fingerprint density at radius 1 is 1.10 bits per heavy atom. The van der Waals surface area contributed by atoms with Crippen LogP contribution < -0.4 is 5.32 Å². The summed E-state index contributed by atoms with van der Waals surface area (Å²) in [4.78, 5) is 23.1. The van der Waals surface area contributed by atoms with Crippen LogP contribution in [-0.2, 0) is 19.2 Å². The van der Waals surface area contributed by atoms with Gasteiger partial charge in [-0.2, -0.15) is 0 Å². The van der Waals surface area contributed by atoms with E-state index in [9.17, 15) is 4.79 Å². The first kappa shape index (κ1) is 19.3. The van der Waals surface area contributed by atoms with Gasteiger partial charge in [0, 0.05) is 23.9 Å². The van der Waals surface area contributed by atoms with Crippen LogP contribution in [0.1, 0.15) is 56.8 Å². The highest BCUT2D eigenvalue weighted by Crippen LogP contribution is 2.60. The molecule has 2 N–H and O–H groups in total. The van der Waals surface area contributed by atoms with Crippen LogP contribution in [-0.4, -0.2) is 35.0 Å². The van der Waals surface area contributed by atoms with Gasteiger partial charge in [-0.3, -0.25) is 0 Å². The topological polar surface area (TPSA) is 86.3 Å². The molecule has 2 bridgehead atoms. The molecule has 1 spiro atoms. The van der Waals surface area contributed by atoms with E-state index in [1.165, 1.54) is 0 Å². The van der Waals surface area contributed by atoms with Crippen LogP contribution in [0.3, 0.4) is 0 Å². The normalized spacial score (nSPS) is 45.9. The summed E-state index contributed by atoms with van der Waals surface area (Å²) in [6.07, 6.45) is 3.25. The van der Waals surface area contributed by atoms with Gasteiger partial charge in [0.05, 0.1) is 5.56 Å². The SMILES string of the molecule is C[C@@H]1CC[C@H]2[C@@H](C)C(Nc3ccc(C(=O)O)cc3)O[C@@H]3O[C@]4(C)CC[C@@H]1C32OO4. The standard InChI is InChI=1S/C22H29NO6/c1-12-4-9-17-13(2)18(23-15-7-5-14(6-8-15)19(24)25)26-20-22(17)16(12)10-11-21(3,27-20)28-29-22/h5-8,12-13,16-18,20,23H,4,9-11H2,1-3H3,(H,24,25)/t12-,13-,16+,17+,18?,20-,21+,22?/m1/s1. The molecule has 1 aliphatic carbocycles. The molecular weight excluding hydrogens is 374 g/mol. The van der Waals surface area contributed by atoms with Crippen molar-refractivity contribution in [3.63, 3.8) is 0 Å². The number of fused-ring (bicyclic) bond motifs is 2. The summed E-state index contributed by atoms with van der Waals surface area (Å²) in [6, 6.07) is 6.74. The Balaban J connectivity index is 1.44. The Labute approximate surface area is 170 Å². The number of rotatable bonds is 3. The molecule has 7 heteroatoms. The molecule has 1 saturated carbocycles. The number of aromatic carboxylic acids is 1. The fourth-order valence-corrected chi connectivity index (χ4v) is 5.94. The largest absolute Gasteiger partial charge is 0.478 e. The summed E-state index contributed by atoms with van der Waals surface area (Å²) in [5, 5.41) is 12.6. The minimum atomic E-state index is -0.934. The Hall–Kier alpha value is -1.67. The van der Waals surface area contributed by atoms with Gasteiger partial charge in [-0.25, -0.2) is 14.6 Å². The molecule has 4 heterocycles. The zero-order valence-corrected chi connectivity index (χ0v) is 17.1. The summed E-state index contributed by atoms with van der Waals surface area (Å²) < 4.78 is 12.8. The first-order valence-electron chi connectivity index (χ1n) is 10.6. The zero-order valence-electron chi connectivity index (χ0n) is 17.1. The molecule has 5 fully saturated rings. The second kappa shape index (κ2) is 6.67. The lowest BCUT2D eigenvalue weighted by atomic mass is 9.58. The lowest BCUT2D eigenvalue weighted by Gasteiger charge is -2.60.